The Labute approximate surface area is 478 Å². The van der Waals surface area contributed by atoms with Gasteiger partial charge in [0.05, 0.1) is 15.1 Å². The minimum atomic E-state index is -0.362. The van der Waals surface area contributed by atoms with Crippen LogP contribution in [0.3, 0.4) is 0 Å². The number of aliphatic hydroxyl groups excluding tert-OH is 2. The second-order valence-corrected chi connectivity index (χ2v) is 17.4. The Morgan fingerprint density at radius 3 is 0.905 bits per heavy atom. The van der Waals surface area contributed by atoms with E-state index in [1.54, 1.807) is 0 Å². The zero-order chi connectivity index (χ0) is 28.2. The molecule has 0 fully saturated rings. The monoisotopic (exact) mass is 1280 g/mol. The topological polar surface area (TPSA) is 40.5 Å². The van der Waals surface area contributed by atoms with E-state index in [0.717, 1.165) is 27.2 Å². The number of aliphatic hydroxyl groups is 2. The molecule has 0 aromatic rings. The molecule has 0 bridgehead atoms. The summed E-state index contributed by atoms with van der Waals surface area (Å²) in [5.74, 6) is 0. The Hall–Kier alpha value is 11.1. The van der Waals surface area contributed by atoms with Gasteiger partial charge >= 0.3 is 0 Å². The first-order valence-electron chi connectivity index (χ1n) is 10.5. The van der Waals surface area contributed by atoms with Crippen LogP contribution in [0, 0.1) is 50.7 Å². The molecule has 42 heavy (non-hydrogen) atoms. The van der Waals surface area contributed by atoms with Crippen LogP contribution in [0.15, 0.2) is 0 Å². The van der Waals surface area contributed by atoms with Crippen LogP contribution in [0.1, 0.15) is 39.5 Å². The molecular weight excluding hydrogens is 1220 g/mol. The summed E-state index contributed by atoms with van der Waals surface area (Å²) in [6, 6.07) is 0. The molecule has 238 valence electrons. The van der Waals surface area contributed by atoms with E-state index in [4.69, 9.17) is 10.2 Å². The second-order valence-electron chi connectivity index (χ2n) is 7.21. The molecule has 0 unspecified atom stereocenters. The molecule has 0 saturated carbocycles. The van der Waals surface area contributed by atoms with Gasteiger partial charge in [0.2, 0.25) is 0 Å². The Morgan fingerprint density at radius 1 is 0.571 bits per heavy atom. The van der Waals surface area contributed by atoms with Gasteiger partial charge < -0.3 is 62.5 Å². The van der Waals surface area contributed by atoms with Gasteiger partial charge in [0.1, 0.15) is 7.57 Å². The van der Waals surface area contributed by atoms with Gasteiger partial charge in [-0.2, -0.15) is 21.6 Å². The van der Waals surface area contributed by atoms with Crippen LogP contribution >= 0.6 is 37.9 Å². The van der Waals surface area contributed by atoms with Crippen LogP contribution in [0.5, 0.6) is 0 Å². The van der Waals surface area contributed by atoms with Gasteiger partial charge in [0.25, 0.3) is 0 Å². The smallest absolute Gasteiger partial charge is 0.123 e. The minimum absolute atomic E-state index is 0. The molecule has 0 aromatic carbocycles. The Morgan fingerprint density at radius 2 is 0.810 bits per heavy atom. The summed E-state index contributed by atoms with van der Waals surface area (Å²) in [7, 11) is 2.10. The van der Waals surface area contributed by atoms with Crippen molar-refractivity contribution < 1.29 is 272 Å². The maximum atomic E-state index is 7.75. The first-order chi connectivity index (χ1) is 15.4. The largest absolute Gasteiger partial charge is 0.568 e. The van der Waals surface area contributed by atoms with Gasteiger partial charge in [0, 0.05) is 275 Å². The molecule has 0 amide bonds. The van der Waals surface area contributed by atoms with Crippen LogP contribution in [0.4, 0.5) is 0 Å². The van der Waals surface area contributed by atoms with Crippen LogP contribution in [-0.2, 0) is 262 Å². The predicted molar refractivity (Wildman–Crippen MR) is 193 cm³/mol. The predicted octanol–water partition coefficient (Wildman–Crippen LogP) is 5.99. The Bertz CT molecular complexity index is 347. The first kappa shape index (κ1) is 89.6. The Balaban J connectivity index is -0.0000000227. The molecule has 2 N–H and O–H groups in total. The molecule has 0 spiro atoms. The van der Waals surface area contributed by atoms with E-state index >= 15 is 0 Å². The molecule has 0 aliphatic rings. The maximum Gasteiger partial charge on any atom is 0.123 e. The van der Waals surface area contributed by atoms with Crippen molar-refractivity contribution in [1.29, 1.82) is 0 Å². The normalized spacial score (nSPS) is 8.86. The van der Waals surface area contributed by atoms with Crippen LogP contribution in [-0.4, -0.2) is 99.6 Å². The van der Waals surface area contributed by atoms with Crippen LogP contribution in [0.2, 0.25) is 0 Å². The van der Waals surface area contributed by atoms with Gasteiger partial charge in [-0.15, -0.1) is 0 Å². The van der Waals surface area contributed by atoms with Crippen molar-refractivity contribution in [2.24, 2.45) is 0 Å². The van der Waals surface area contributed by atoms with Crippen molar-refractivity contribution >= 4 is 60.6 Å². The fourth-order valence-corrected chi connectivity index (χ4v) is 3.66. The first-order valence-corrected chi connectivity index (χ1v) is 21.8. The standard InChI is InChI=1S/C7H22B2P2.C7H16P2.C5H10.C3H6O2.C2H10BP.8Y/c1-10(2,8)6-5-7-11(3,4)9;1-8(2)6-5-7-9(3)4;1-3-5-4-2;4-2-1-3-5;1-4(2)3;;;;;;;;/h6-7H,5H2,1-4,8-9H3;6-7H,5H2,1-4H3;3-4H,5H2,1-2H3;2-5H,1H2;4H,1-3H3;;;;;;;;/q4*-2;;;;;;;;;. The molecule has 18 heteroatoms. The van der Waals surface area contributed by atoms with Crippen molar-refractivity contribution in [2.75, 3.05) is 66.6 Å². The molecule has 8 radical (unpaired) electrons. The fraction of sp³-hybridized carbons (Fsp3) is 0.667. The zero-order valence-electron chi connectivity index (χ0n) is 27.2. The van der Waals surface area contributed by atoms with Gasteiger partial charge in [-0.05, 0) is 26.7 Å². The average Bonchev–Trinajstić information content (AvgIpc) is 2.61. The number of hydrogen-bond acceptors (Lipinski definition) is 2. The van der Waals surface area contributed by atoms with Crippen molar-refractivity contribution in [2.45, 2.75) is 39.5 Å². The summed E-state index contributed by atoms with van der Waals surface area (Å²) in [5, 5.41) is 15.5. The molecule has 2 nitrogen and oxygen atoms in total. The van der Waals surface area contributed by atoms with Crippen molar-refractivity contribution in [3.05, 3.63) is 50.7 Å². The molecule has 0 saturated heterocycles. The molecule has 0 aliphatic carbocycles. The average molecular weight is 1280 g/mol. The van der Waals surface area contributed by atoms with E-state index in [-0.39, 0.29) is 298 Å². The van der Waals surface area contributed by atoms with E-state index in [0.29, 0.717) is 22.9 Å². The van der Waals surface area contributed by atoms with Crippen molar-refractivity contribution in [3.63, 3.8) is 0 Å². The third-order valence-corrected chi connectivity index (χ3v) is 6.33. The third-order valence-electron chi connectivity index (χ3n) is 2.56. The molecule has 0 aliphatic heterocycles. The molecule has 0 heterocycles. The summed E-state index contributed by atoms with van der Waals surface area (Å²) in [6.07, 6.45) is 18.3. The fourth-order valence-electron chi connectivity index (χ4n) is 1.22. The quantitative estimate of drug-likeness (QED) is 0.144. The summed E-state index contributed by atoms with van der Waals surface area (Å²) in [4.78, 5) is 0. The minimum Gasteiger partial charge on any atom is -0.568 e. The summed E-state index contributed by atoms with van der Waals surface area (Å²) < 4.78 is 0. The van der Waals surface area contributed by atoms with E-state index < -0.39 is 0 Å². The number of unbranched alkanes of at least 4 members (excludes halogenated alkanes) is 2. The van der Waals surface area contributed by atoms with Gasteiger partial charge in [-0.3, -0.25) is 22.3 Å². The van der Waals surface area contributed by atoms with E-state index in [2.05, 4.69) is 118 Å². The molecule has 0 atom stereocenters. The number of rotatable bonds is 12. The zero-order valence-corrected chi connectivity index (χ0v) is 54.5. The van der Waals surface area contributed by atoms with Crippen LogP contribution in [0.25, 0.3) is 0 Å². The van der Waals surface area contributed by atoms with Gasteiger partial charge in [0.15, 0.2) is 0 Å². The van der Waals surface area contributed by atoms with Gasteiger partial charge in [-0.1, -0.05) is 26.7 Å². The van der Waals surface area contributed by atoms with E-state index in [1.165, 1.54) is 12.8 Å². The molecule has 0 aromatic heterocycles. The summed E-state index contributed by atoms with van der Waals surface area (Å²) >= 11 is 0. The van der Waals surface area contributed by atoms with E-state index in [1.807, 2.05) is 0 Å². The third kappa shape index (κ3) is 151. The molecule has 0 rings (SSSR count). The second kappa shape index (κ2) is 69.9. The SMILES string of the molecule is CP(C)[CH-]C[CH-]P(C)C.C[CH-]C[CH-]C.O[CH-]C[CH-]O.[BH3-][P+](C)(C)[CH-]C[CH-][P+]([BH3-])(C)C.[BH3-][PH+](C)C.[Y].[Y].[Y].[Y].[Y].[Y].[Y].[Y]. The number of hydrogen-bond donors (Lipinski definition) is 2. The summed E-state index contributed by atoms with van der Waals surface area (Å²) in [5.41, 5.74) is 0. The summed E-state index contributed by atoms with van der Waals surface area (Å²) in [6.45, 7) is 29.8. The van der Waals surface area contributed by atoms with E-state index in [9.17, 15) is 0 Å². The van der Waals surface area contributed by atoms with Crippen molar-refractivity contribution in [1.82, 2.24) is 0 Å². The van der Waals surface area contributed by atoms with Gasteiger partial charge in [-0.25, -0.2) is 32.0 Å². The Kier molecular flexibility index (Phi) is 149. The maximum absolute atomic E-state index is 7.75. The van der Waals surface area contributed by atoms with Crippen molar-refractivity contribution in [3.8, 4) is 0 Å². The molecular formula is C24H64B3O2P5Y8-8. The van der Waals surface area contributed by atoms with Crippen LogP contribution < -0.4 is 0 Å².